The van der Waals surface area contributed by atoms with Crippen molar-refractivity contribution in [1.82, 2.24) is 4.90 Å². The first-order chi connectivity index (χ1) is 7.08. The number of fused-ring (bicyclic) bond motifs is 1. The smallest absolute Gasteiger partial charge is 0.191 e. The van der Waals surface area contributed by atoms with E-state index < -0.39 is 0 Å². The van der Waals surface area contributed by atoms with Crippen LogP contribution < -0.4 is 4.78 Å². The summed E-state index contributed by atoms with van der Waals surface area (Å²) in [5, 5.41) is 0. The maximum atomic E-state index is 12.1. The van der Waals surface area contributed by atoms with Crippen LogP contribution in [0, 0.1) is 0 Å². The summed E-state index contributed by atoms with van der Waals surface area (Å²) < 4.78 is 1.24. The lowest BCUT2D eigenvalue weighted by Gasteiger charge is -2.15. The van der Waals surface area contributed by atoms with Gasteiger partial charge >= 0.3 is 0 Å². The van der Waals surface area contributed by atoms with E-state index in [1.54, 1.807) is 11.3 Å². The minimum absolute atomic E-state index is 0.217. The fourth-order valence-corrected chi connectivity index (χ4v) is 2.94. The average Bonchev–Trinajstić information content (AvgIpc) is 2.51. The monoisotopic (exact) mass is 219 g/mol. The number of carbonyl (C=O) groups is 1. The van der Waals surface area contributed by atoms with Crippen molar-refractivity contribution in [3.8, 4) is 0 Å². The van der Waals surface area contributed by atoms with Crippen LogP contribution in [-0.2, 0) is 6.42 Å². The minimum Gasteiger partial charge on any atom is -0.383 e. The molecule has 1 heterocycles. The molecule has 15 heavy (non-hydrogen) atoms. The number of aryl methyl sites for hydroxylation is 1. The second-order valence-corrected chi connectivity index (χ2v) is 5.48. The number of Topliss-reactive ketones (excluding diaryl/α,β-unsaturated/α-hetero) is 1. The second kappa shape index (κ2) is 3.85. The molecule has 0 atom stereocenters. The largest absolute Gasteiger partial charge is 0.383 e. The Kier molecular flexibility index (Phi) is 2.69. The van der Waals surface area contributed by atoms with Crippen molar-refractivity contribution < 1.29 is 4.79 Å². The Hall–Kier alpha value is -1.03. The van der Waals surface area contributed by atoms with Crippen LogP contribution >= 0.6 is 11.3 Å². The molecule has 0 aromatic carbocycles. The molecule has 1 aromatic heterocycles. The van der Waals surface area contributed by atoms with Gasteiger partial charge in [0, 0.05) is 36.3 Å². The summed E-state index contributed by atoms with van der Waals surface area (Å²) in [4.78, 5) is 15.3. The van der Waals surface area contributed by atoms with Gasteiger partial charge in [0.2, 0.25) is 0 Å². The normalized spacial score (nSPS) is 18.0. The Bertz CT molecular complexity index is 434. The molecule has 0 aliphatic heterocycles. The summed E-state index contributed by atoms with van der Waals surface area (Å²) in [6.45, 7) is 0. The topological polar surface area (TPSA) is 20.3 Å². The molecule has 2 nitrogen and oxygen atoms in total. The maximum Gasteiger partial charge on any atom is 0.191 e. The lowest BCUT2D eigenvalue weighted by Crippen LogP contribution is -2.15. The van der Waals surface area contributed by atoms with E-state index >= 15 is 0 Å². The van der Waals surface area contributed by atoms with E-state index in [0.29, 0.717) is 0 Å². The van der Waals surface area contributed by atoms with Crippen molar-refractivity contribution in [1.29, 1.82) is 0 Å². The Labute approximate surface area is 95.0 Å². The van der Waals surface area contributed by atoms with Gasteiger partial charge in [-0.15, -0.1) is 0 Å². The van der Waals surface area contributed by atoms with Crippen molar-refractivity contribution in [2.75, 3.05) is 14.1 Å². The van der Waals surface area contributed by atoms with E-state index in [1.165, 1.54) is 9.65 Å². The molecule has 0 radical (unpaired) electrons. The van der Waals surface area contributed by atoms with Crippen LogP contribution in [0.5, 0.6) is 0 Å². The van der Waals surface area contributed by atoms with E-state index in [-0.39, 0.29) is 5.78 Å². The minimum atomic E-state index is 0.217. The standard InChI is InChI=1S/C11H14BNOS/c1-13(2)6-7-3-4-9-8(11(7)14)5-10(12)15-9/h5-6H,3-4,12H2,1-2H3/b7-6-. The Morgan fingerprint density at radius 2 is 2.20 bits per heavy atom. The molecule has 1 aliphatic carbocycles. The Balaban J connectivity index is 2.37. The molecule has 1 aromatic rings. The lowest BCUT2D eigenvalue weighted by atomic mass is 9.92. The zero-order valence-electron chi connectivity index (χ0n) is 9.33. The first-order valence-electron chi connectivity index (χ1n) is 5.09. The molecular formula is C11H14BNOS. The molecule has 0 saturated heterocycles. The summed E-state index contributed by atoms with van der Waals surface area (Å²) in [7, 11) is 5.97. The molecule has 0 amide bonds. The van der Waals surface area contributed by atoms with Gasteiger partial charge in [0.1, 0.15) is 0 Å². The van der Waals surface area contributed by atoms with Crippen LogP contribution in [-0.4, -0.2) is 32.6 Å². The number of hydrogen-bond donors (Lipinski definition) is 0. The molecule has 0 fully saturated rings. The molecule has 0 spiro atoms. The highest BCUT2D eigenvalue weighted by Gasteiger charge is 2.23. The van der Waals surface area contributed by atoms with Crippen molar-refractivity contribution >= 4 is 29.7 Å². The SMILES string of the molecule is Bc1cc2c(s1)CC/C(=C/N(C)C)C2=O. The molecule has 0 saturated carbocycles. The van der Waals surface area contributed by atoms with Crippen LogP contribution in [0.3, 0.4) is 0 Å². The van der Waals surface area contributed by atoms with Crippen LogP contribution in [0.1, 0.15) is 21.7 Å². The van der Waals surface area contributed by atoms with Gasteiger partial charge in [-0.3, -0.25) is 4.79 Å². The summed E-state index contributed by atoms with van der Waals surface area (Å²) in [5.41, 5.74) is 1.86. The third-order valence-electron chi connectivity index (χ3n) is 2.50. The first kappa shape index (κ1) is 10.5. The summed E-state index contributed by atoms with van der Waals surface area (Å²) in [6, 6.07) is 2.02. The van der Waals surface area contributed by atoms with Gasteiger partial charge in [-0.05, 0) is 23.7 Å². The number of allylic oxidation sites excluding steroid dienone is 1. The Morgan fingerprint density at radius 3 is 2.87 bits per heavy atom. The highest BCUT2D eigenvalue weighted by molar-refractivity contribution is 7.20. The van der Waals surface area contributed by atoms with Crippen molar-refractivity contribution in [2.45, 2.75) is 12.8 Å². The second-order valence-electron chi connectivity index (χ2n) is 4.14. The van der Waals surface area contributed by atoms with Gasteiger partial charge in [-0.1, -0.05) is 0 Å². The molecule has 4 heteroatoms. The highest BCUT2D eigenvalue weighted by Crippen LogP contribution is 2.27. The lowest BCUT2D eigenvalue weighted by molar-refractivity contribution is 0.102. The summed E-state index contributed by atoms with van der Waals surface area (Å²) in [6.07, 6.45) is 3.83. The third-order valence-corrected chi connectivity index (χ3v) is 3.61. The maximum absolute atomic E-state index is 12.1. The first-order valence-corrected chi connectivity index (χ1v) is 5.90. The molecule has 0 N–H and O–H groups in total. The highest BCUT2D eigenvalue weighted by atomic mass is 32.1. The van der Waals surface area contributed by atoms with E-state index in [2.05, 4.69) is 7.85 Å². The van der Waals surface area contributed by atoms with Gasteiger partial charge in [0.05, 0.1) is 0 Å². The van der Waals surface area contributed by atoms with Crippen LogP contribution in [0.4, 0.5) is 0 Å². The van der Waals surface area contributed by atoms with Gasteiger partial charge in [0.25, 0.3) is 0 Å². The third kappa shape index (κ3) is 2.00. The molecule has 2 rings (SSSR count). The van der Waals surface area contributed by atoms with Crippen molar-refractivity contribution in [2.24, 2.45) is 0 Å². The predicted octanol–water partition coefficient (Wildman–Crippen LogP) is 0.581. The van der Waals surface area contributed by atoms with Crippen molar-refractivity contribution in [3.63, 3.8) is 0 Å². The summed E-state index contributed by atoms with van der Waals surface area (Å²) in [5.74, 6) is 0.217. The predicted molar refractivity (Wildman–Crippen MR) is 66.9 cm³/mol. The van der Waals surface area contributed by atoms with E-state index in [4.69, 9.17) is 0 Å². The Morgan fingerprint density at radius 1 is 1.47 bits per heavy atom. The molecule has 0 unspecified atom stereocenters. The van der Waals surface area contributed by atoms with Gasteiger partial charge in [-0.2, -0.15) is 11.3 Å². The van der Waals surface area contributed by atoms with E-state index in [1.807, 2.05) is 31.3 Å². The number of rotatable bonds is 1. The number of ketones is 1. The quantitative estimate of drug-likeness (QED) is 0.508. The number of thiophene rings is 1. The van der Waals surface area contributed by atoms with E-state index in [0.717, 1.165) is 24.0 Å². The zero-order valence-corrected chi connectivity index (χ0v) is 10.1. The average molecular weight is 219 g/mol. The van der Waals surface area contributed by atoms with Crippen LogP contribution in [0.25, 0.3) is 0 Å². The van der Waals surface area contributed by atoms with Crippen LogP contribution in [0.15, 0.2) is 17.8 Å². The van der Waals surface area contributed by atoms with E-state index in [9.17, 15) is 4.79 Å². The van der Waals surface area contributed by atoms with Gasteiger partial charge < -0.3 is 4.90 Å². The number of nitrogens with zero attached hydrogens (tertiary/aromatic N) is 1. The molecular weight excluding hydrogens is 205 g/mol. The number of carbonyl (C=O) groups excluding carboxylic acids is 1. The number of hydrogen-bond acceptors (Lipinski definition) is 3. The zero-order chi connectivity index (χ0) is 11.0. The molecule has 78 valence electrons. The van der Waals surface area contributed by atoms with Crippen molar-refractivity contribution in [3.05, 3.63) is 28.3 Å². The molecule has 1 aliphatic rings. The fraction of sp³-hybridized carbons (Fsp3) is 0.364. The summed E-state index contributed by atoms with van der Waals surface area (Å²) >= 11 is 1.75. The fourth-order valence-electron chi connectivity index (χ4n) is 1.91. The van der Waals surface area contributed by atoms with Gasteiger partial charge in [0.15, 0.2) is 13.6 Å². The molecule has 0 bridgehead atoms. The van der Waals surface area contributed by atoms with Gasteiger partial charge in [-0.25, -0.2) is 0 Å². The van der Waals surface area contributed by atoms with Crippen LogP contribution in [0.2, 0.25) is 0 Å².